The van der Waals surface area contributed by atoms with Crippen molar-refractivity contribution >= 4 is 46.0 Å². The van der Waals surface area contributed by atoms with Gasteiger partial charge in [-0.2, -0.15) is 17.7 Å². The molecule has 3 rings (SSSR count). The molecule has 0 saturated heterocycles. The number of pyridine rings is 1. The highest BCUT2D eigenvalue weighted by molar-refractivity contribution is 7.81. The van der Waals surface area contributed by atoms with Crippen LogP contribution in [0.1, 0.15) is 11.1 Å². The second kappa shape index (κ2) is 8.63. The van der Waals surface area contributed by atoms with Crippen LogP contribution in [0.4, 0.5) is 18.9 Å². The fourth-order valence-corrected chi connectivity index (χ4v) is 3.05. The molecule has 2 N–H and O–H groups in total. The van der Waals surface area contributed by atoms with E-state index in [4.69, 9.17) is 23.8 Å². The molecular formula is C21H15ClF3N2OS+. The van der Waals surface area contributed by atoms with Gasteiger partial charge in [0.05, 0.1) is 5.56 Å². The van der Waals surface area contributed by atoms with Crippen molar-refractivity contribution in [3.63, 3.8) is 0 Å². The molecule has 0 spiro atoms. The van der Waals surface area contributed by atoms with Crippen LogP contribution in [-0.4, -0.2) is 10.1 Å². The predicted octanol–water partition coefficient (Wildman–Crippen LogP) is 5.97. The monoisotopic (exact) mass is 435 g/mol. The Labute approximate surface area is 175 Å². The minimum absolute atomic E-state index is 0.0491. The lowest BCUT2D eigenvalue weighted by Gasteiger charge is -2.12. The average molecular weight is 436 g/mol. The average Bonchev–Trinajstić information content (AvgIpc) is 2.69. The van der Waals surface area contributed by atoms with Gasteiger partial charge in [0, 0.05) is 28.4 Å². The maximum atomic E-state index is 13.0. The molecule has 0 aliphatic carbocycles. The molecule has 29 heavy (non-hydrogen) atoms. The Morgan fingerprint density at radius 1 is 0.966 bits per heavy atom. The number of benzene rings is 2. The Kier molecular flexibility index (Phi) is 6.20. The molecule has 3 nitrogen and oxygen atoms in total. The molecular weight excluding hydrogens is 421 g/mol. The van der Waals surface area contributed by atoms with Crippen LogP contribution in [0.15, 0.2) is 79.1 Å². The molecule has 1 heterocycles. The van der Waals surface area contributed by atoms with E-state index < -0.39 is 11.7 Å². The van der Waals surface area contributed by atoms with E-state index in [0.29, 0.717) is 10.6 Å². The lowest BCUT2D eigenvalue weighted by molar-refractivity contribution is -0.575. The van der Waals surface area contributed by atoms with Gasteiger partial charge in [-0.25, -0.2) is 0 Å². The number of anilines is 1. The van der Waals surface area contributed by atoms with Crippen molar-refractivity contribution in [3.8, 4) is 0 Å². The van der Waals surface area contributed by atoms with Gasteiger partial charge in [-0.3, -0.25) is 0 Å². The molecule has 0 atom stereocenters. The zero-order chi connectivity index (χ0) is 21.0. The summed E-state index contributed by atoms with van der Waals surface area (Å²) in [5.74, 6) is -0.151. The van der Waals surface area contributed by atoms with Crippen LogP contribution in [0.5, 0.6) is 0 Å². The van der Waals surface area contributed by atoms with Gasteiger partial charge >= 0.3 is 6.18 Å². The number of hydrogen-bond acceptors (Lipinski definition) is 2. The molecule has 0 aliphatic heterocycles. The van der Waals surface area contributed by atoms with Crippen molar-refractivity contribution in [1.29, 1.82) is 0 Å². The molecule has 1 aromatic heterocycles. The first-order chi connectivity index (χ1) is 13.8. The third-order valence-electron chi connectivity index (χ3n) is 3.98. The molecule has 0 aliphatic rings. The van der Waals surface area contributed by atoms with E-state index >= 15 is 0 Å². The van der Waals surface area contributed by atoms with Crippen LogP contribution in [0, 0.1) is 0 Å². The van der Waals surface area contributed by atoms with Crippen LogP contribution >= 0.6 is 23.8 Å². The normalized spacial score (nSPS) is 12.3. The highest BCUT2D eigenvalue weighted by Crippen LogP contribution is 2.31. The molecule has 0 saturated carbocycles. The van der Waals surface area contributed by atoms with Crippen LogP contribution in [-0.2, 0) is 6.18 Å². The van der Waals surface area contributed by atoms with E-state index in [1.165, 1.54) is 12.1 Å². The van der Waals surface area contributed by atoms with E-state index in [0.717, 1.165) is 12.1 Å². The number of halogens is 4. The van der Waals surface area contributed by atoms with Crippen molar-refractivity contribution in [2.24, 2.45) is 0 Å². The Hall–Kier alpha value is -2.90. The molecule has 0 unspecified atom stereocenters. The van der Waals surface area contributed by atoms with Crippen molar-refractivity contribution in [3.05, 3.63) is 95.3 Å². The summed E-state index contributed by atoms with van der Waals surface area (Å²) < 4.78 is 40.5. The highest BCUT2D eigenvalue weighted by Gasteiger charge is 2.31. The summed E-state index contributed by atoms with van der Waals surface area (Å²) in [6, 6.07) is 16.4. The lowest BCUT2D eigenvalue weighted by Crippen LogP contribution is -2.38. The van der Waals surface area contributed by atoms with Gasteiger partial charge in [0.25, 0.3) is 5.70 Å². The van der Waals surface area contributed by atoms with Gasteiger partial charge in [-0.15, -0.1) is 0 Å². The summed E-state index contributed by atoms with van der Waals surface area (Å²) in [6.45, 7) is 0. The maximum Gasteiger partial charge on any atom is 0.416 e. The summed E-state index contributed by atoms with van der Waals surface area (Å²) in [7, 11) is 0. The number of nitrogens with zero attached hydrogens (tertiary/aromatic N) is 1. The van der Waals surface area contributed by atoms with Crippen molar-refractivity contribution in [1.82, 2.24) is 0 Å². The number of hydrogen-bond donors (Lipinski definition) is 2. The van der Waals surface area contributed by atoms with Crippen LogP contribution in [0.25, 0.3) is 11.5 Å². The van der Waals surface area contributed by atoms with Gasteiger partial charge in [0.1, 0.15) is 0 Å². The molecule has 8 heteroatoms. The van der Waals surface area contributed by atoms with Gasteiger partial charge < -0.3 is 10.4 Å². The lowest BCUT2D eigenvalue weighted by atomic mass is 10.1. The number of thiocarbonyl (C=S) groups is 1. The number of aromatic nitrogens is 1. The van der Waals surface area contributed by atoms with E-state index in [9.17, 15) is 18.3 Å². The molecule has 0 fully saturated rings. The zero-order valence-electron chi connectivity index (χ0n) is 14.8. The standard InChI is InChI=1S/C21H14ClF3N2OS/c22-16-9-7-14(8-10-16)19(28)18(27-11-2-1-3-12-27)20(29)26-17-6-4-5-15(13-17)21(23,24)25/h1-13H,(H-,26,28,29)/p+1. The third kappa shape index (κ3) is 5.13. The quantitative estimate of drug-likeness (QED) is 0.229. The van der Waals surface area contributed by atoms with E-state index in [1.54, 1.807) is 59.4 Å². The fourth-order valence-electron chi connectivity index (χ4n) is 2.60. The number of rotatable bonds is 4. The smallest absolute Gasteiger partial charge is 0.416 e. The highest BCUT2D eigenvalue weighted by atomic mass is 35.5. The van der Waals surface area contributed by atoms with Crippen molar-refractivity contribution in [2.45, 2.75) is 6.18 Å². The van der Waals surface area contributed by atoms with Gasteiger partial charge in [-0.05, 0) is 42.5 Å². The molecule has 0 bridgehead atoms. The summed E-state index contributed by atoms with van der Waals surface area (Å²) in [5.41, 5.74) is 0.0159. The predicted molar refractivity (Wildman–Crippen MR) is 111 cm³/mol. The van der Waals surface area contributed by atoms with Crippen molar-refractivity contribution < 1.29 is 22.8 Å². The Bertz CT molecular complexity index is 1050. The second-order valence-electron chi connectivity index (χ2n) is 6.02. The summed E-state index contributed by atoms with van der Waals surface area (Å²) in [4.78, 5) is 0.0491. The first kappa shape index (κ1) is 20.8. The second-order valence-corrected chi connectivity index (χ2v) is 6.86. The first-order valence-electron chi connectivity index (χ1n) is 8.40. The summed E-state index contributed by atoms with van der Waals surface area (Å²) in [5, 5.41) is 14.1. The first-order valence-corrected chi connectivity index (χ1v) is 9.19. The fraction of sp³-hybridized carbons (Fsp3) is 0.0476. The Balaban J connectivity index is 2.02. The van der Waals surface area contributed by atoms with Gasteiger partial charge in [0.15, 0.2) is 23.1 Å². The molecule has 2 aromatic carbocycles. The van der Waals surface area contributed by atoms with Crippen molar-refractivity contribution in [2.75, 3.05) is 5.32 Å². The minimum Gasteiger partial charge on any atom is -0.502 e. The minimum atomic E-state index is -4.47. The molecule has 3 aromatic rings. The van der Waals surface area contributed by atoms with Crippen LogP contribution in [0.3, 0.4) is 0 Å². The SMILES string of the molecule is O/C(=C(\C(=S)Nc1cccc(C(F)(F)F)c1)[n+]1ccccc1)c1ccc(Cl)cc1. The van der Waals surface area contributed by atoms with Crippen LogP contribution in [0.2, 0.25) is 5.02 Å². The molecule has 0 amide bonds. The molecule has 148 valence electrons. The van der Waals surface area contributed by atoms with Crippen LogP contribution < -0.4 is 9.88 Å². The molecule has 0 radical (unpaired) electrons. The van der Waals surface area contributed by atoms with Gasteiger partial charge in [0.2, 0.25) is 0 Å². The largest absolute Gasteiger partial charge is 0.502 e. The number of aliphatic hydroxyl groups excluding tert-OH is 1. The number of nitrogens with one attached hydrogen (secondary N) is 1. The third-order valence-corrected chi connectivity index (χ3v) is 4.53. The van der Waals surface area contributed by atoms with Gasteiger partial charge in [-0.1, -0.05) is 36.0 Å². The van der Waals surface area contributed by atoms with E-state index in [-0.39, 0.29) is 22.1 Å². The topological polar surface area (TPSA) is 36.1 Å². The number of aliphatic hydroxyl groups is 1. The Morgan fingerprint density at radius 2 is 1.62 bits per heavy atom. The maximum absolute atomic E-state index is 13.0. The number of alkyl halides is 3. The Morgan fingerprint density at radius 3 is 2.24 bits per heavy atom. The van der Waals surface area contributed by atoms with E-state index in [2.05, 4.69) is 5.32 Å². The summed E-state index contributed by atoms with van der Waals surface area (Å²) >= 11 is 11.3. The summed E-state index contributed by atoms with van der Waals surface area (Å²) in [6.07, 6.45) is -1.14. The van der Waals surface area contributed by atoms with E-state index in [1.807, 2.05) is 0 Å². The zero-order valence-corrected chi connectivity index (χ0v) is 16.4.